The third-order valence-corrected chi connectivity index (χ3v) is 3.21. The van der Waals surface area contributed by atoms with Gasteiger partial charge in [0.15, 0.2) is 11.5 Å². The SMILES string of the molecule is CCOc1cccc(CNC2CCCNC2=O)c1O. The number of carbonyl (C=O) groups excluding carboxylic acids is 1. The highest BCUT2D eigenvalue weighted by atomic mass is 16.5. The minimum absolute atomic E-state index is 0.0340. The molecule has 0 radical (unpaired) electrons. The number of carbonyl (C=O) groups is 1. The first kappa shape index (κ1) is 13.7. The van der Waals surface area contributed by atoms with Crippen LogP contribution in [0, 0.1) is 0 Å². The Morgan fingerprint density at radius 3 is 3.11 bits per heavy atom. The van der Waals surface area contributed by atoms with Gasteiger partial charge in [-0.3, -0.25) is 4.79 Å². The van der Waals surface area contributed by atoms with Crippen LogP contribution in [0.5, 0.6) is 11.5 Å². The monoisotopic (exact) mass is 264 g/mol. The van der Waals surface area contributed by atoms with Crippen LogP contribution < -0.4 is 15.4 Å². The van der Waals surface area contributed by atoms with E-state index in [0.29, 0.717) is 18.9 Å². The minimum Gasteiger partial charge on any atom is -0.504 e. The Balaban J connectivity index is 1.99. The molecule has 1 aliphatic rings. The van der Waals surface area contributed by atoms with E-state index in [4.69, 9.17) is 4.74 Å². The predicted molar refractivity (Wildman–Crippen MR) is 72.1 cm³/mol. The van der Waals surface area contributed by atoms with Crippen LogP contribution in [0.2, 0.25) is 0 Å². The second kappa shape index (κ2) is 6.43. The van der Waals surface area contributed by atoms with Crippen LogP contribution in [-0.4, -0.2) is 30.2 Å². The van der Waals surface area contributed by atoms with Gasteiger partial charge in [0.25, 0.3) is 0 Å². The number of phenols is 1. The number of amides is 1. The zero-order valence-corrected chi connectivity index (χ0v) is 11.1. The lowest BCUT2D eigenvalue weighted by Crippen LogP contribution is -2.47. The normalized spacial score (nSPS) is 19.0. The molecule has 0 saturated carbocycles. The van der Waals surface area contributed by atoms with Gasteiger partial charge in [-0.15, -0.1) is 0 Å². The molecule has 1 heterocycles. The highest BCUT2D eigenvalue weighted by Gasteiger charge is 2.21. The molecule has 1 saturated heterocycles. The van der Waals surface area contributed by atoms with Crippen molar-refractivity contribution in [2.45, 2.75) is 32.4 Å². The van der Waals surface area contributed by atoms with Crippen LogP contribution in [0.1, 0.15) is 25.3 Å². The van der Waals surface area contributed by atoms with E-state index in [1.807, 2.05) is 19.1 Å². The Bertz CT molecular complexity index is 448. The lowest BCUT2D eigenvalue weighted by atomic mass is 10.1. The molecule has 1 amide bonds. The summed E-state index contributed by atoms with van der Waals surface area (Å²) in [5, 5.41) is 16.0. The second-order valence-corrected chi connectivity index (χ2v) is 4.56. The zero-order valence-electron chi connectivity index (χ0n) is 11.1. The van der Waals surface area contributed by atoms with Crippen LogP contribution in [-0.2, 0) is 11.3 Å². The summed E-state index contributed by atoms with van der Waals surface area (Å²) in [5.74, 6) is 0.662. The number of rotatable bonds is 5. The fourth-order valence-electron chi connectivity index (χ4n) is 2.18. The van der Waals surface area contributed by atoms with E-state index >= 15 is 0 Å². The first-order chi connectivity index (χ1) is 9.22. The van der Waals surface area contributed by atoms with E-state index in [9.17, 15) is 9.90 Å². The Morgan fingerprint density at radius 1 is 1.53 bits per heavy atom. The smallest absolute Gasteiger partial charge is 0.237 e. The molecular weight excluding hydrogens is 244 g/mol. The van der Waals surface area contributed by atoms with Crippen molar-refractivity contribution in [2.75, 3.05) is 13.2 Å². The van der Waals surface area contributed by atoms with Gasteiger partial charge >= 0.3 is 0 Å². The molecule has 1 unspecified atom stereocenters. The lowest BCUT2D eigenvalue weighted by Gasteiger charge is -2.23. The van der Waals surface area contributed by atoms with Crippen molar-refractivity contribution in [1.29, 1.82) is 0 Å². The largest absolute Gasteiger partial charge is 0.504 e. The third-order valence-electron chi connectivity index (χ3n) is 3.21. The summed E-state index contributed by atoms with van der Waals surface area (Å²) in [4.78, 5) is 11.6. The number of benzene rings is 1. The summed E-state index contributed by atoms with van der Waals surface area (Å²) < 4.78 is 5.33. The van der Waals surface area contributed by atoms with Crippen LogP contribution in [0.3, 0.4) is 0 Å². The molecule has 2 rings (SSSR count). The van der Waals surface area contributed by atoms with Crippen molar-refractivity contribution in [1.82, 2.24) is 10.6 Å². The molecular formula is C14H20N2O3. The quantitative estimate of drug-likeness (QED) is 0.746. The van der Waals surface area contributed by atoms with Gasteiger partial charge in [-0.05, 0) is 25.8 Å². The van der Waals surface area contributed by atoms with Crippen molar-refractivity contribution in [3.8, 4) is 11.5 Å². The minimum atomic E-state index is -0.177. The molecule has 5 heteroatoms. The summed E-state index contributed by atoms with van der Waals surface area (Å²) >= 11 is 0. The van der Waals surface area contributed by atoms with E-state index in [1.54, 1.807) is 6.07 Å². The van der Waals surface area contributed by atoms with Gasteiger partial charge in [-0.2, -0.15) is 0 Å². The van der Waals surface area contributed by atoms with Crippen molar-refractivity contribution in [3.63, 3.8) is 0 Å². The maximum Gasteiger partial charge on any atom is 0.237 e. The number of ether oxygens (including phenoxy) is 1. The summed E-state index contributed by atoms with van der Waals surface area (Å²) in [7, 11) is 0. The van der Waals surface area contributed by atoms with Crippen molar-refractivity contribution in [2.24, 2.45) is 0 Å². The second-order valence-electron chi connectivity index (χ2n) is 4.56. The average Bonchev–Trinajstić information content (AvgIpc) is 2.42. The highest BCUT2D eigenvalue weighted by molar-refractivity contribution is 5.82. The molecule has 1 atom stereocenters. The fourth-order valence-corrected chi connectivity index (χ4v) is 2.18. The first-order valence-corrected chi connectivity index (χ1v) is 6.67. The molecule has 0 aliphatic carbocycles. The molecule has 104 valence electrons. The predicted octanol–water partition coefficient (Wildman–Crippen LogP) is 1.16. The highest BCUT2D eigenvalue weighted by Crippen LogP contribution is 2.29. The number of hydrogen-bond acceptors (Lipinski definition) is 4. The van der Waals surface area contributed by atoms with E-state index in [1.165, 1.54) is 0 Å². The van der Waals surface area contributed by atoms with Crippen LogP contribution >= 0.6 is 0 Å². The number of phenolic OH excluding ortho intramolecular Hbond substituents is 1. The van der Waals surface area contributed by atoms with E-state index in [0.717, 1.165) is 24.9 Å². The van der Waals surface area contributed by atoms with Gasteiger partial charge in [0.2, 0.25) is 5.91 Å². The standard InChI is InChI=1S/C14H20N2O3/c1-2-19-12-7-3-5-10(13(12)17)9-16-11-6-4-8-15-14(11)18/h3,5,7,11,16-17H,2,4,6,8-9H2,1H3,(H,15,18). The molecule has 0 spiro atoms. The fraction of sp³-hybridized carbons (Fsp3) is 0.500. The van der Waals surface area contributed by atoms with Gasteiger partial charge in [-0.1, -0.05) is 12.1 Å². The molecule has 5 nitrogen and oxygen atoms in total. The molecule has 0 aromatic heterocycles. The summed E-state index contributed by atoms with van der Waals surface area (Å²) in [5.41, 5.74) is 0.740. The maximum absolute atomic E-state index is 11.6. The lowest BCUT2D eigenvalue weighted by molar-refractivity contribution is -0.124. The number of piperidine rings is 1. The molecule has 1 aliphatic heterocycles. The van der Waals surface area contributed by atoms with Gasteiger partial charge in [0.05, 0.1) is 12.6 Å². The van der Waals surface area contributed by atoms with Gasteiger partial charge < -0.3 is 20.5 Å². The van der Waals surface area contributed by atoms with E-state index < -0.39 is 0 Å². The summed E-state index contributed by atoms with van der Waals surface area (Å²) in [6, 6.07) is 5.22. The molecule has 1 aromatic carbocycles. The first-order valence-electron chi connectivity index (χ1n) is 6.67. The molecule has 0 bridgehead atoms. The van der Waals surface area contributed by atoms with Crippen LogP contribution in [0.25, 0.3) is 0 Å². The van der Waals surface area contributed by atoms with E-state index in [2.05, 4.69) is 10.6 Å². The molecule has 3 N–H and O–H groups in total. The van der Waals surface area contributed by atoms with Crippen LogP contribution in [0.4, 0.5) is 0 Å². The summed E-state index contributed by atoms with van der Waals surface area (Å²) in [6.07, 6.45) is 1.81. The molecule has 1 fully saturated rings. The Kier molecular flexibility index (Phi) is 4.63. The van der Waals surface area contributed by atoms with Crippen LogP contribution in [0.15, 0.2) is 18.2 Å². The molecule has 1 aromatic rings. The number of hydrogen-bond donors (Lipinski definition) is 3. The topological polar surface area (TPSA) is 70.6 Å². The van der Waals surface area contributed by atoms with Crippen molar-refractivity contribution >= 4 is 5.91 Å². The zero-order chi connectivity index (χ0) is 13.7. The summed E-state index contributed by atoms with van der Waals surface area (Å²) in [6.45, 7) is 3.58. The number of aromatic hydroxyl groups is 1. The van der Waals surface area contributed by atoms with Crippen molar-refractivity contribution < 1.29 is 14.6 Å². The maximum atomic E-state index is 11.6. The number of nitrogens with one attached hydrogen (secondary N) is 2. The number of para-hydroxylation sites is 1. The van der Waals surface area contributed by atoms with Crippen molar-refractivity contribution in [3.05, 3.63) is 23.8 Å². The van der Waals surface area contributed by atoms with Gasteiger partial charge in [0, 0.05) is 18.7 Å². The third kappa shape index (κ3) is 3.38. The average molecular weight is 264 g/mol. The Labute approximate surface area is 113 Å². The van der Waals surface area contributed by atoms with Gasteiger partial charge in [0.1, 0.15) is 0 Å². The Hall–Kier alpha value is -1.75. The Morgan fingerprint density at radius 2 is 2.37 bits per heavy atom. The van der Waals surface area contributed by atoms with E-state index in [-0.39, 0.29) is 17.7 Å². The van der Waals surface area contributed by atoms with Gasteiger partial charge in [-0.25, -0.2) is 0 Å². The molecule has 19 heavy (non-hydrogen) atoms.